The number of benzene rings is 2. The fraction of sp³-hybridized carbons (Fsp3) is 0. The van der Waals surface area contributed by atoms with Gasteiger partial charge in [-0.2, -0.15) is 4.98 Å². The van der Waals surface area contributed by atoms with Gasteiger partial charge in [-0.05, 0) is 42.5 Å². The van der Waals surface area contributed by atoms with E-state index >= 15 is 0 Å². The van der Waals surface area contributed by atoms with Crippen LogP contribution in [0.25, 0.3) is 21.9 Å². The van der Waals surface area contributed by atoms with Gasteiger partial charge < -0.3 is 11.1 Å². The molecule has 3 heterocycles. The molecule has 5 rings (SSSR count). The van der Waals surface area contributed by atoms with Gasteiger partial charge >= 0.3 is 0 Å². The molecule has 0 aliphatic carbocycles. The lowest BCUT2D eigenvalue weighted by Crippen LogP contribution is -2.14. The van der Waals surface area contributed by atoms with Gasteiger partial charge in [0.25, 0.3) is 10.0 Å². The molecule has 10 heteroatoms. The largest absolute Gasteiger partial charge is 0.366 e. The van der Waals surface area contributed by atoms with Gasteiger partial charge in [0, 0.05) is 40.6 Å². The fourth-order valence-electron chi connectivity index (χ4n) is 3.39. The van der Waals surface area contributed by atoms with Crippen LogP contribution in [-0.2, 0) is 10.0 Å². The normalized spacial score (nSPS) is 11.6. The highest BCUT2D eigenvalue weighted by Crippen LogP contribution is 2.26. The van der Waals surface area contributed by atoms with Crippen LogP contribution >= 0.6 is 0 Å². The van der Waals surface area contributed by atoms with E-state index in [-0.39, 0.29) is 16.5 Å². The van der Waals surface area contributed by atoms with Crippen LogP contribution in [0.1, 0.15) is 10.4 Å². The topological polar surface area (TPSA) is 133 Å². The Morgan fingerprint density at radius 2 is 1.72 bits per heavy atom. The van der Waals surface area contributed by atoms with Crippen molar-refractivity contribution in [3.05, 3.63) is 84.8 Å². The number of para-hydroxylation sites is 1. The van der Waals surface area contributed by atoms with E-state index in [0.717, 1.165) is 9.36 Å². The van der Waals surface area contributed by atoms with Gasteiger partial charge in [0.05, 0.1) is 5.52 Å². The van der Waals surface area contributed by atoms with E-state index in [0.29, 0.717) is 22.2 Å². The summed E-state index contributed by atoms with van der Waals surface area (Å²) in [4.78, 5) is 24.2. The molecule has 3 aromatic heterocycles. The van der Waals surface area contributed by atoms with E-state index in [9.17, 15) is 13.2 Å². The third-order valence-corrected chi connectivity index (χ3v) is 6.65. The molecule has 2 aromatic carbocycles. The molecule has 0 saturated carbocycles. The molecule has 0 aliphatic rings. The van der Waals surface area contributed by atoms with Crippen molar-refractivity contribution < 1.29 is 13.2 Å². The first-order valence-electron chi connectivity index (χ1n) is 9.54. The maximum absolute atomic E-state index is 13.5. The quantitative estimate of drug-likeness (QED) is 0.426. The van der Waals surface area contributed by atoms with E-state index in [2.05, 4.69) is 20.3 Å². The first kappa shape index (κ1) is 19.6. The highest BCUT2D eigenvalue weighted by atomic mass is 32.2. The summed E-state index contributed by atoms with van der Waals surface area (Å²) in [6, 6.07) is 16.7. The van der Waals surface area contributed by atoms with E-state index in [1.165, 1.54) is 18.5 Å². The molecule has 0 unspecified atom stereocenters. The molecule has 0 fully saturated rings. The van der Waals surface area contributed by atoms with Crippen LogP contribution in [0, 0.1) is 0 Å². The second-order valence-electron chi connectivity index (χ2n) is 6.99. The van der Waals surface area contributed by atoms with Gasteiger partial charge in [0.15, 0.2) is 5.65 Å². The van der Waals surface area contributed by atoms with E-state index in [1.54, 1.807) is 48.7 Å². The molecule has 32 heavy (non-hydrogen) atoms. The van der Waals surface area contributed by atoms with Crippen molar-refractivity contribution in [1.82, 2.24) is 18.9 Å². The minimum atomic E-state index is -3.97. The number of carbonyl (C=O) groups is 1. The van der Waals surface area contributed by atoms with Crippen molar-refractivity contribution in [1.29, 1.82) is 0 Å². The fourth-order valence-corrected chi connectivity index (χ4v) is 4.86. The first-order chi connectivity index (χ1) is 15.4. The minimum Gasteiger partial charge on any atom is -0.366 e. The summed E-state index contributed by atoms with van der Waals surface area (Å²) in [5, 5.41) is 4.29. The molecule has 0 bridgehead atoms. The van der Waals surface area contributed by atoms with Crippen LogP contribution in [0.5, 0.6) is 0 Å². The molecule has 9 nitrogen and oxygen atoms in total. The summed E-state index contributed by atoms with van der Waals surface area (Å²) in [5.41, 5.74) is 6.86. The Morgan fingerprint density at radius 3 is 2.50 bits per heavy atom. The smallest absolute Gasteiger partial charge is 0.271 e. The second kappa shape index (κ2) is 7.43. The van der Waals surface area contributed by atoms with Crippen molar-refractivity contribution in [3.8, 4) is 0 Å². The number of nitrogens with two attached hydrogens (primary N) is 1. The summed E-state index contributed by atoms with van der Waals surface area (Å²) in [5.74, 6) is -0.323. The number of carbonyl (C=O) groups excluding carboxylic acids is 1. The highest BCUT2D eigenvalue weighted by Gasteiger charge is 2.23. The third kappa shape index (κ3) is 3.32. The number of anilines is 2. The standard InChI is InChI=1S/C22H16N6O3S/c23-20(29)15-6-8-17(9-7-15)26-22-25-13-16-10-12-28(21(16)27-22)32(30,31)18-5-1-3-14-4-2-11-24-19(14)18/h1-13H,(H2,23,29)(H,25,26,27). The zero-order valence-electron chi connectivity index (χ0n) is 16.5. The number of nitrogens with one attached hydrogen (secondary N) is 1. The van der Waals surface area contributed by atoms with Crippen LogP contribution in [-0.4, -0.2) is 33.2 Å². The Bertz CT molecular complexity index is 1590. The lowest BCUT2D eigenvalue weighted by Gasteiger charge is -2.10. The maximum atomic E-state index is 13.5. The molecule has 0 saturated heterocycles. The highest BCUT2D eigenvalue weighted by molar-refractivity contribution is 7.90. The Balaban J connectivity index is 1.57. The zero-order valence-corrected chi connectivity index (χ0v) is 17.3. The summed E-state index contributed by atoms with van der Waals surface area (Å²) in [6.45, 7) is 0. The van der Waals surface area contributed by atoms with Gasteiger partial charge in [0.1, 0.15) is 4.90 Å². The zero-order chi connectivity index (χ0) is 22.3. The van der Waals surface area contributed by atoms with E-state index in [4.69, 9.17) is 5.73 Å². The van der Waals surface area contributed by atoms with E-state index < -0.39 is 15.9 Å². The summed E-state index contributed by atoms with van der Waals surface area (Å²) in [7, 11) is -3.97. The van der Waals surface area contributed by atoms with Crippen molar-refractivity contribution in [3.63, 3.8) is 0 Å². The number of hydrogen-bond acceptors (Lipinski definition) is 7. The minimum absolute atomic E-state index is 0.0864. The van der Waals surface area contributed by atoms with Crippen LogP contribution in [0.15, 0.2) is 84.1 Å². The summed E-state index contributed by atoms with van der Waals surface area (Å²) in [6.07, 6.45) is 4.54. The Labute approximate surface area is 182 Å². The monoisotopic (exact) mass is 444 g/mol. The number of primary amides is 1. The number of hydrogen-bond donors (Lipinski definition) is 2. The molecular formula is C22H16N6O3S. The lowest BCUT2D eigenvalue weighted by atomic mass is 10.2. The Kier molecular flexibility index (Phi) is 4.56. The number of nitrogens with zero attached hydrogens (tertiary/aromatic N) is 4. The number of aromatic nitrogens is 4. The van der Waals surface area contributed by atoms with Crippen LogP contribution < -0.4 is 11.1 Å². The predicted molar refractivity (Wildman–Crippen MR) is 120 cm³/mol. The molecule has 1 amide bonds. The molecule has 5 aromatic rings. The summed E-state index contributed by atoms with van der Waals surface area (Å²) < 4.78 is 28.1. The average Bonchev–Trinajstić information content (AvgIpc) is 3.23. The van der Waals surface area contributed by atoms with Gasteiger partial charge in [-0.25, -0.2) is 17.4 Å². The van der Waals surface area contributed by atoms with Crippen molar-refractivity contribution in [2.24, 2.45) is 5.73 Å². The molecule has 3 N–H and O–H groups in total. The summed E-state index contributed by atoms with van der Waals surface area (Å²) >= 11 is 0. The SMILES string of the molecule is NC(=O)c1ccc(Nc2ncc3ccn(S(=O)(=O)c4cccc5cccnc45)c3n2)cc1. The maximum Gasteiger partial charge on any atom is 0.271 e. The number of pyridine rings is 1. The number of fused-ring (bicyclic) bond motifs is 2. The van der Waals surface area contributed by atoms with E-state index in [1.807, 2.05) is 12.1 Å². The first-order valence-corrected chi connectivity index (χ1v) is 11.0. The van der Waals surface area contributed by atoms with Crippen molar-refractivity contribution >= 4 is 49.5 Å². The molecule has 158 valence electrons. The number of rotatable bonds is 5. The molecule has 0 spiro atoms. The van der Waals surface area contributed by atoms with Crippen molar-refractivity contribution in [2.45, 2.75) is 4.90 Å². The Morgan fingerprint density at radius 1 is 0.938 bits per heavy atom. The van der Waals surface area contributed by atoms with Gasteiger partial charge in [-0.1, -0.05) is 18.2 Å². The number of amides is 1. The molecule has 0 radical (unpaired) electrons. The van der Waals surface area contributed by atoms with Gasteiger partial charge in [-0.15, -0.1) is 0 Å². The molecule has 0 atom stereocenters. The van der Waals surface area contributed by atoms with Gasteiger partial charge in [0.2, 0.25) is 11.9 Å². The molecular weight excluding hydrogens is 428 g/mol. The predicted octanol–water partition coefficient (Wildman–Crippen LogP) is 3.06. The average molecular weight is 444 g/mol. The van der Waals surface area contributed by atoms with Crippen LogP contribution in [0.3, 0.4) is 0 Å². The van der Waals surface area contributed by atoms with Gasteiger partial charge in [-0.3, -0.25) is 9.78 Å². The lowest BCUT2D eigenvalue weighted by molar-refractivity contribution is 0.100. The molecule has 0 aliphatic heterocycles. The Hall–Kier alpha value is -4.31. The van der Waals surface area contributed by atoms with Crippen LogP contribution in [0.2, 0.25) is 0 Å². The second-order valence-corrected chi connectivity index (χ2v) is 8.77. The van der Waals surface area contributed by atoms with Crippen molar-refractivity contribution in [2.75, 3.05) is 5.32 Å². The third-order valence-electron chi connectivity index (χ3n) is 4.95. The van der Waals surface area contributed by atoms with Crippen LogP contribution in [0.4, 0.5) is 11.6 Å².